The van der Waals surface area contributed by atoms with E-state index in [1.54, 1.807) is 11.3 Å². The van der Waals surface area contributed by atoms with Crippen molar-refractivity contribution in [2.24, 2.45) is 10.9 Å². The van der Waals surface area contributed by atoms with Gasteiger partial charge in [-0.05, 0) is 46.4 Å². The summed E-state index contributed by atoms with van der Waals surface area (Å²) < 4.78 is 0.801. The number of nitrogens with two attached hydrogens (primary N) is 1. The van der Waals surface area contributed by atoms with Crippen LogP contribution in [-0.4, -0.2) is 18.1 Å². The molecule has 0 bridgehead atoms. The normalized spacial score (nSPS) is 13.2. The molecule has 0 aliphatic rings. The molecule has 2 rings (SSSR count). The largest absolute Gasteiger partial charge is 0.409 e. The van der Waals surface area contributed by atoms with E-state index in [-0.39, 0.29) is 11.9 Å². The first-order chi connectivity index (χ1) is 9.56. The highest BCUT2D eigenvalue weighted by Crippen LogP contribution is 2.33. The van der Waals surface area contributed by atoms with Crippen LogP contribution in [0.1, 0.15) is 23.4 Å². The SMILES string of the molecule is CC(c1cccs1)N(C)c1cccc(Br)c1/C(N)=N/O. The van der Waals surface area contributed by atoms with E-state index in [4.69, 9.17) is 10.9 Å². The molecular weight excluding hydrogens is 338 g/mol. The monoisotopic (exact) mass is 353 g/mol. The Hall–Kier alpha value is -1.53. The fraction of sp³-hybridized carbons (Fsp3) is 0.214. The van der Waals surface area contributed by atoms with Crippen molar-refractivity contribution < 1.29 is 5.21 Å². The van der Waals surface area contributed by atoms with Crippen molar-refractivity contribution in [1.29, 1.82) is 0 Å². The lowest BCUT2D eigenvalue weighted by Crippen LogP contribution is -2.25. The molecule has 0 spiro atoms. The van der Waals surface area contributed by atoms with Crippen LogP contribution in [0.15, 0.2) is 45.3 Å². The van der Waals surface area contributed by atoms with E-state index in [2.05, 4.69) is 44.4 Å². The van der Waals surface area contributed by atoms with Crippen molar-refractivity contribution in [3.05, 3.63) is 50.6 Å². The maximum Gasteiger partial charge on any atom is 0.173 e. The third kappa shape index (κ3) is 2.81. The quantitative estimate of drug-likeness (QED) is 0.380. The van der Waals surface area contributed by atoms with Gasteiger partial charge in [-0.2, -0.15) is 0 Å². The van der Waals surface area contributed by atoms with Crippen LogP contribution < -0.4 is 10.6 Å². The molecule has 1 atom stereocenters. The Bertz CT molecular complexity index is 613. The maximum atomic E-state index is 8.97. The zero-order chi connectivity index (χ0) is 14.7. The van der Waals surface area contributed by atoms with Gasteiger partial charge in [-0.25, -0.2) is 0 Å². The molecule has 106 valence electrons. The second-order valence-corrected chi connectivity index (χ2v) is 6.26. The van der Waals surface area contributed by atoms with Crippen molar-refractivity contribution in [3.8, 4) is 0 Å². The second-order valence-electron chi connectivity index (χ2n) is 4.42. The number of anilines is 1. The molecule has 2 aromatic rings. The summed E-state index contributed by atoms with van der Waals surface area (Å²) in [7, 11) is 2.00. The van der Waals surface area contributed by atoms with Crippen molar-refractivity contribution in [3.63, 3.8) is 0 Å². The molecule has 20 heavy (non-hydrogen) atoms. The molecule has 0 radical (unpaired) electrons. The summed E-state index contributed by atoms with van der Waals surface area (Å²) in [5.74, 6) is 0.0951. The molecule has 0 fully saturated rings. The van der Waals surface area contributed by atoms with E-state index in [1.165, 1.54) is 4.88 Å². The Balaban J connectivity index is 2.45. The van der Waals surface area contributed by atoms with Gasteiger partial charge in [0.25, 0.3) is 0 Å². The van der Waals surface area contributed by atoms with Crippen LogP contribution >= 0.6 is 27.3 Å². The van der Waals surface area contributed by atoms with Crippen LogP contribution in [0.3, 0.4) is 0 Å². The van der Waals surface area contributed by atoms with E-state index in [1.807, 2.05) is 31.3 Å². The Morgan fingerprint density at radius 3 is 2.75 bits per heavy atom. The lowest BCUT2D eigenvalue weighted by Gasteiger charge is -2.28. The number of hydrogen-bond acceptors (Lipinski definition) is 4. The summed E-state index contributed by atoms with van der Waals surface area (Å²) in [4.78, 5) is 3.38. The Morgan fingerprint density at radius 2 is 2.15 bits per heavy atom. The topological polar surface area (TPSA) is 61.8 Å². The van der Waals surface area contributed by atoms with E-state index in [9.17, 15) is 0 Å². The highest BCUT2D eigenvalue weighted by atomic mass is 79.9. The van der Waals surface area contributed by atoms with Gasteiger partial charge in [0.15, 0.2) is 5.84 Å². The van der Waals surface area contributed by atoms with Gasteiger partial charge in [0.2, 0.25) is 0 Å². The summed E-state index contributed by atoms with van der Waals surface area (Å²) in [6, 6.07) is 10.1. The van der Waals surface area contributed by atoms with Gasteiger partial charge in [0.1, 0.15) is 0 Å². The average Bonchev–Trinajstić information content (AvgIpc) is 2.98. The predicted molar refractivity (Wildman–Crippen MR) is 87.8 cm³/mol. The van der Waals surface area contributed by atoms with Gasteiger partial charge in [-0.15, -0.1) is 11.3 Å². The van der Waals surface area contributed by atoms with Crippen LogP contribution in [0, 0.1) is 0 Å². The van der Waals surface area contributed by atoms with Crippen LogP contribution in [0.4, 0.5) is 5.69 Å². The zero-order valence-corrected chi connectivity index (χ0v) is 13.6. The Kier molecular flexibility index (Phi) is 4.67. The molecule has 3 N–H and O–H groups in total. The molecular formula is C14H16BrN3OS. The van der Waals surface area contributed by atoms with E-state index < -0.39 is 0 Å². The average molecular weight is 354 g/mol. The lowest BCUT2D eigenvalue weighted by atomic mass is 10.1. The molecule has 0 amide bonds. The van der Waals surface area contributed by atoms with Crippen molar-refractivity contribution in [1.82, 2.24) is 0 Å². The van der Waals surface area contributed by atoms with Crippen LogP contribution in [0.2, 0.25) is 0 Å². The third-order valence-electron chi connectivity index (χ3n) is 3.27. The molecule has 0 saturated carbocycles. The number of rotatable bonds is 4. The summed E-state index contributed by atoms with van der Waals surface area (Å²) in [5.41, 5.74) is 7.41. The maximum absolute atomic E-state index is 8.97. The Morgan fingerprint density at radius 1 is 1.40 bits per heavy atom. The third-order valence-corrected chi connectivity index (χ3v) is 4.97. The highest BCUT2D eigenvalue weighted by Gasteiger charge is 2.19. The summed E-state index contributed by atoms with van der Waals surface area (Å²) >= 11 is 5.17. The van der Waals surface area contributed by atoms with E-state index in [0.29, 0.717) is 5.56 Å². The van der Waals surface area contributed by atoms with E-state index in [0.717, 1.165) is 10.2 Å². The predicted octanol–water partition coefficient (Wildman–Crippen LogP) is 3.80. The molecule has 0 saturated heterocycles. The van der Waals surface area contributed by atoms with Gasteiger partial charge in [-0.3, -0.25) is 0 Å². The molecule has 1 heterocycles. The number of amidine groups is 1. The minimum Gasteiger partial charge on any atom is -0.409 e. The first-order valence-electron chi connectivity index (χ1n) is 6.09. The van der Waals surface area contributed by atoms with Crippen molar-refractivity contribution >= 4 is 38.8 Å². The molecule has 1 aromatic heterocycles. The van der Waals surface area contributed by atoms with Crippen LogP contribution in [0.25, 0.3) is 0 Å². The number of hydrogen-bond donors (Lipinski definition) is 2. The van der Waals surface area contributed by atoms with Crippen molar-refractivity contribution in [2.45, 2.75) is 13.0 Å². The zero-order valence-electron chi connectivity index (χ0n) is 11.2. The number of thiophene rings is 1. The number of nitrogens with zero attached hydrogens (tertiary/aromatic N) is 2. The summed E-state index contributed by atoms with van der Waals surface area (Å²) in [6.07, 6.45) is 0. The summed E-state index contributed by atoms with van der Waals surface area (Å²) in [5, 5.41) is 14.2. The molecule has 4 nitrogen and oxygen atoms in total. The standard InChI is InChI=1S/C14H16BrN3OS/c1-9(12-7-4-8-20-12)18(2)11-6-3-5-10(15)13(11)14(16)17-19/h3-9,19H,1-2H3,(H2,16,17). The molecule has 6 heteroatoms. The van der Waals surface area contributed by atoms with Gasteiger partial charge >= 0.3 is 0 Å². The second kappa shape index (κ2) is 6.28. The number of oxime groups is 1. The van der Waals surface area contributed by atoms with Gasteiger partial charge in [0.05, 0.1) is 11.6 Å². The molecule has 0 aliphatic heterocycles. The minimum atomic E-state index is 0.0951. The smallest absolute Gasteiger partial charge is 0.173 e. The van der Waals surface area contributed by atoms with Crippen LogP contribution in [0.5, 0.6) is 0 Å². The first kappa shape index (κ1) is 14.9. The highest BCUT2D eigenvalue weighted by molar-refractivity contribution is 9.10. The molecule has 0 aliphatic carbocycles. The number of benzene rings is 1. The van der Waals surface area contributed by atoms with E-state index >= 15 is 0 Å². The minimum absolute atomic E-state index is 0.0951. The van der Waals surface area contributed by atoms with Gasteiger partial charge in [-0.1, -0.05) is 17.3 Å². The molecule has 1 unspecified atom stereocenters. The first-order valence-corrected chi connectivity index (χ1v) is 7.76. The van der Waals surface area contributed by atoms with Crippen LogP contribution in [-0.2, 0) is 0 Å². The lowest BCUT2D eigenvalue weighted by molar-refractivity contribution is 0.318. The van der Waals surface area contributed by atoms with Crippen molar-refractivity contribution in [2.75, 3.05) is 11.9 Å². The molecule has 1 aromatic carbocycles. The van der Waals surface area contributed by atoms with Gasteiger partial charge in [0, 0.05) is 22.1 Å². The van der Waals surface area contributed by atoms with Gasteiger partial charge < -0.3 is 15.8 Å². The Labute approximate surface area is 130 Å². The fourth-order valence-electron chi connectivity index (χ4n) is 2.04. The summed E-state index contributed by atoms with van der Waals surface area (Å²) in [6.45, 7) is 2.13. The number of halogens is 1. The fourth-order valence-corrected chi connectivity index (χ4v) is 3.42.